The smallest absolute Gasteiger partial charge is 0.262 e. The van der Waals surface area contributed by atoms with Crippen LogP contribution in [0, 0.1) is 13.8 Å². The van der Waals surface area contributed by atoms with E-state index in [9.17, 15) is 13.2 Å². The minimum absolute atomic E-state index is 0. The van der Waals surface area contributed by atoms with E-state index in [2.05, 4.69) is 10.0 Å². The molecular weight excluding hydrogens is 402 g/mol. The first kappa shape index (κ1) is 23.9. The number of amides is 1. The number of hydrogen-bond acceptors (Lipinski definition) is 5. The van der Waals surface area contributed by atoms with Crippen LogP contribution in [-0.4, -0.2) is 34.1 Å². The molecule has 28 heavy (non-hydrogen) atoms. The highest BCUT2D eigenvalue weighted by Gasteiger charge is 2.19. The van der Waals surface area contributed by atoms with Crippen LogP contribution < -0.4 is 15.8 Å². The molecule has 0 aliphatic heterocycles. The van der Waals surface area contributed by atoms with E-state index in [1.807, 2.05) is 13.0 Å². The molecule has 9 heteroatoms. The second-order valence-corrected chi connectivity index (χ2v) is 7.95. The van der Waals surface area contributed by atoms with Gasteiger partial charge in [-0.05, 0) is 49.2 Å². The summed E-state index contributed by atoms with van der Waals surface area (Å²) in [6.07, 6.45) is -0.300. The van der Waals surface area contributed by atoms with Crippen molar-refractivity contribution in [1.82, 2.24) is 0 Å². The molecule has 1 atom stereocenters. The zero-order valence-corrected chi connectivity index (χ0v) is 17.7. The highest BCUT2D eigenvalue weighted by atomic mass is 35.5. The summed E-state index contributed by atoms with van der Waals surface area (Å²) in [7, 11) is -2.31. The zero-order valence-electron chi connectivity index (χ0n) is 16.1. The monoisotopic (exact) mass is 427 g/mol. The van der Waals surface area contributed by atoms with Crippen LogP contribution >= 0.6 is 12.4 Å². The van der Waals surface area contributed by atoms with E-state index in [-0.39, 0.29) is 42.3 Å². The molecule has 0 aromatic heterocycles. The summed E-state index contributed by atoms with van der Waals surface area (Å²) in [5, 5.41) is 2.69. The van der Waals surface area contributed by atoms with Crippen LogP contribution in [0.5, 0.6) is 0 Å². The Kier molecular flexibility index (Phi) is 8.90. The lowest BCUT2D eigenvalue weighted by Crippen LogP contribution is -2.28. The fourth-order valence-corrected chi connectivity index (χ4v) is 3.89. The Balaban J connectivity index is 0.00000392. The summed E-state index contributed by atoms with van der Waals surface area (Å²) < 4.78 is 33.2. The third kappa shape index (κ3) is 6.49. The first-order valence-corrected chi connectivity index (χ1v) is 9.96. The maximum Gasteiger partial charge on any atom is 0.262 e. The van der Waals surface area contributed by atoms with Crippen molar-refractivity contribution in [1.29, 1.82) is 0 Å². The molecule has 7 nitrogen and oxygen atoms in total. The van der Waals surface area contributed by atoms with Gasteiger partial charge in [-0.2, -0.15) is 0 Å². The lowest BCUT2D eigenvalue weighted by atomic mass is 10.2. The number of nitrogens with one attached hydrogen (secondary N) is 2. The third-order valence-electron chi connectivity index (χ3n) is 4.04. The SMILES string of the molecule is COC(CN)CC(=O)Nc1ccc(C)c(S(=O)(=O)Nc2cccc(C)c2)c1.Cl. The number of carbonyl (C=O) groups excluding carboxylic acids is 1. The summed E-state index contributed by atoms with van der Waals surface area (Å²) in [5.41, 5.74) is 7.91. The van der Waals surface area contributed by atoms with Gasteiger partial charge in [0.1, 0.15) is 0 Å². The predicted molar refractivity (Wildman–Crippen MR) is 114 cm³/mol. The Bertz CT molecular complexity index is 915. The van der Waals surface area contributed by atoms with Gasteiger partial charge in [0.05, 0.1) is 17.4 Å². The number of carbonyl (C=O) groups is 1. The summed E-state index contributed by atoms with van der Waals surface area (Å²) in [5.74, 6) is -0.300. The van der Waals surface area contributed by atoms with E-state index in [4.69, 9.17) is 10.5 Å². The first-order chi connectivity index (χ1) is 12.7. The van der Waals surface area contributed by atoms with Crippen LogP contribution in [0.2, 0.25) is 0 Å². The normalized spacial score (nSPS) is 12.0. The van der Waals surface area contributed by atoms with Crippen LogP contribution in [-0.2, 0) is 19.6 Å². The number of halogens is 1. The number of rotatable bonds is 8. The molecule has 2 aromatic carbocycles. The van der Waals surface area contributed by atoms with Crippen LogP contribution in [0.1, 0.15) is 17.5 Å². The molecule has 154 valence electrons. The van der Waals surface area contributed by atoms with E-state index in [0.29, 0.717) is 16.9 Å². The van der Waals surface area contributed by atoms with Crippen molar-refractivity contribution in [3.63, 3.8) is 0 Å². The van der Waals surface area contributed by atoms with Crippen LogP contribution in [0.4, 0.5) is 11.4 Å². The molecule has 0 radical (unpaired) electrons. The molecule has 1 unspecified atom stereocenters. The largest absolute Gasteiger partial charge is 0.380 e. The Morgan fingerprint density at radius 2 is 1.86 bits per heavy atom. The molecule has 0 spiro atoms. The maximum absolute atomic E-state index is 12.8. The summed E-state index contributed by atoms with van der Waals surface area (Å²) in [6, 6.07) is 11.8. The summed E-state index contributed by atoms with van der Waals surface area (Å²) >= 11 is 0. The summed E-state index contributed by atoms with van der Waals surface area (Å²) in [4.78, 5) is 12.2. The zero-order chi connectivity index (χ0) is 20.0. The van der Waals surface area contributed by atoms with Gasteiger partial charge >= 0.3 is 0 Å². The standard InChI is InChI=1S/C19H25N3O4S.ClH/c1-13-5-4-6-16(9-13)22-27(24,25)18-10-15(8-7-14(18)2)21-19(23)11-17(12-20)26-3;/h4-10,17,22H,11-12,20H2,1-3H3,(H,21,23);1H. The van der Waals surface area contributed by atoms with E-state index >= 15 is 0 Å². The molecule has 0 aliphatic carbocycles. The quantitative estimate of drug-likeness (QED) is 0.599. The van der Waals surface area contributed by atoms with Crippen molar-refractivity contribution < 1.29 is 17.9 Å². The van der Waals surface area contributed by atoms with Gasteiger partial charge in [0.2, 0.25) is 5.91 Å². The number of nitrogens with two attached hydrogens (primary N) is 1. The Labute approximate surface area is 172 Å². The van der Waals surface area contributed by atoms with Crippen molar-refractivity contribution >= 4 is 39.7 Å². The predicted octanol–water partition coefficient (Wildman–Crippen LogP) is 2.83. The second kappa shape index (κ2) is 10.4. The van der Waals surface area contributed by atoms with Gasteiger partial charge in [-0.1, -0.05) is 18.2 Å². The van der Waals surface area contributed by atoms with E-state index in [1.54, 1.807) is 37.3 Å². The number of methoxy groups -OCH3 is 1. The third-order valence-corrected chi connectivity index (χ3v) is 5.56. The van der Waals surface area contributed by atoms with Gasteiger partial charge in [0, 0.05) is 25.0 Å². The molecule has 0 fully saturated rings. The molecule has 2 rings (SSSR count). The molecule has 0 aliphatic rings. The molecule has 0 bridgehead atoms. The highest BCUT2D eigenvalue weighted by molar-refractivity contribution is 7.92. The number of sulfonamides is 1. The van der Waals surface area contributed by atoms with E-state index in [0.717, 1.165) is 5.56 Å². The molecular formula is C19H26ClN3O4S. The van der Waals surface area contributed by atoms with Crippen molar-refractivity contribution in [2.45, 2.75) is 31.3 Å². The topological polar surface area (TPSA) is 111 Å². The minimum atomic E-state index is -3.80. The van der Waals surface area contributed by atoms with Crippen LogP contribution in [0.3, 0.4) is 0 Å². The molecule has 2 aromatic rings. The van der Waals surface area contributed by atoms with Gasteiger partial charge in [-0.3, -0.25) is 9.52 Å². The number of hydrogen-bond donors (Lipinski definition) is 3. The average molecular weight is 428 g/mol. The first-order valence-electron chi connectivity index (χ1n) is 8.48. The minimum Gasteiger partial charge on any atom is -0.380 e. The molecule has 0 saturated carbocycles. The van der Waals surface area contributed by atoms with Crippen molar-refractivity contribution in [3.8, 4) is 0 Å². The second-order valence-electron chi connectivity index (χ2n) is 6.30. The maximum atomic E-state index is 12.8. The average Bonchev–Trinajstić information content (AvgIpc) is 2.60. The molecule has 4 N–H and O–H groups in total. The van der Waals surface area contributed by atoms with Gasteiger partial charge in [-0.25, -0.2) is 8.42 Å². The van der Waals surface area contributed by atoms with E-state index < -0.39 is 10.0 Å². The molecule has 1 amide bonds. The fraction of sp³-hybridized carbons (Fsp3) is 0.316. The van der Waals surface area contributed by atoms with Crippen LogP contribution in [0.25, 0.3) is 0 Å². The highest BCUT2D eigenvalue weighted by Crippen LogP contribution is 2.23. The van der Waals surface area contributed by atoms with Crippen molar-refractivity contribution in [3.05, 3.63) is 53.6 Å². The number of aryl methyl sites for hydroxylation is 2. The van der Waals surface area contributed by atoms with E-state index in [1.165, 1.54) is 13.2 Å². The van der Waals surface area contributed by atoms with Gasteiger partial charge in [0.15, 0.2) is 0 Å². The van der Waals surface area contributed by atoms with Gasteiger partial charge in [-0.15, -0.1) is 12.4 Å². The Hall–Kier alpha value is -2.13. The van der Waals surface area contributed by atoms with Crippen molar-refractivity contribution in [2.24, 2.45) is 5.73 Å². The lowest BCUT2D eigenvalue weighted by molar-refractivity contribution is -0.118. The Morgan fingerprint density at radius 3 is 2.46 bits per heavy atom. The van der Waals surface area contributed by atoms with Crippen molar-refractivity contribution in [2.75, 3.05) is 23.7 Å². The molecule has 0 saturated heterocycles. The fourth-order valence-electron chi connectivity index (χ4n) is 2.57. The van der Waals surface area contributed by atoms with Crippen LogP contribution in [0.15, 0.2) is 47.4 Å². The number of ether oxygens (including phenoxy) is 1. The molecule has 0 heterocycles. The Morgan fingerprint density at radius 1 is 1.14 bits per heavy atom. The number of benzene rings is 2. The summed E-state index contributed by atoms with van der Waals surface area (Å²) in [6.45, 7) is 3.80. The lowest BCUT2D eigenvalue weighted by Gasteiger charge is -2.15. The number of anilines is 2. The van der Waals surface area contributed by atoms with Gasteiger partial charge in [0.25, 0.3) is 10.0 Å². The van der Waals surface area contributed by atoms with Gasteiger partial charge < -0.3 is 15.8 Å².